The molecular weight excluding hydrogens is 410 g/mol. The molecule has 0 aliphatic heterocycles. The first-order chi connectivity index (χ1) is 15.5. The lowest BCUT2D eigenvalue weighted by molar-refractivity contribution is -0.143. The molecule has 1 saturated carbocycles. The molecule has 3 heterocycles. The molecule has 1 N–H and O–H groups in total. The molecule has 3 aromatic heterocycles. The lowest BCUT2D eigenvalue weighted by Crippen LogP contribution is -2.29. The van der Waals surface area contributed by atoms with Gasteiger partial charge in [-0.15, -0.1) is 5.10 Å². The van der Waals surface area contributed by atoms with Gasteiger partial charge < -0.3 is 14.6 Å². The van der Waals surface area contributed by atoms with E-state index in [1.54, 1.807) is 10.9 Å². The molecule has 1 fully saturated rings. The van der Waals surface area contributed by atoms with E-state index in [1.807, 2.05) is 44.3 Å². The van der Waals surface area contributed by atoms with Gasteiger partial charge in [-0.2, -0.15) is 0 Å². The number of hydrogen-bond donors (Lipinski definition) is 1. The molecule has 0 aromatic carbocycles. The van der Waals surface area contributed by atoms with Gasteiger partial charge in [0.15, 0.2) is 0 Å². The molecule has 9 nitrogen and oxygen atoms in total. The summed E-state index contributed by atoms with van der Waals surface area (Å²) in [5.74, 6) is 0.136. The van der Waals surface area contributed by atoms with Crippen molar-refractivity contribution in [1.82, 2.24) is 25.0 Å². The Morgan fingerprint density at radius 2 is 2.12 bits per heavy atom. The second kappa shape index (κ2) is 9.76. The number of hydrogen-bond acceptors (Lipinski definition) is 7. The van der Waals surface area contributed by atoms with Crippen LogP contribution in [-0.4, -0.2) is 48.7 Å². The Labute approximate surface area is 186 Å². The van der Waals surface area contributed by atoms with Crippen molar-refractivity contribution < 1.29 is 19.4 Å². The van der Waals surface area contributed by atoms with Crippen LogP contribution >= 0.6 is 0 Å². The Bertz CT molecular complexity index is 1070. The summed E-state index contributed by atoms with van der Waals surface area (Å²) in [6, 6.07) is 9.39. The maximum absolute atomic E-state index is 11.3. The largest absolute Gasteiger partial charge is 0.489 e. The van der Waals surface area contributed by atoms with Gasteiger partial charge in [-0.05, 0) is 50.8 Å². The molecule has 0 spiro atoms. The second-order valence-corrected chi connectivity index (χ2v) is 7.91. The number of aromatic nitrogens is 5. The maximum Gasteiger partial charge on any atom is 0.306 e. The zero-order chi connectivity index (χ0) is 22.5. The van der Waals surface area contributed by atoms with Gasteiger partial charge >= 0.3 is 5.97 Å². The quantitative estimate of drug-likeness (QED) is 0.571. The first-order valence-electron chi connectivity index (χ1n) is 10.9. The van der Waals surface area contributed by atoms with Gasteiger partial charge in [0.25, 0.3) is 0 Å². The number of nitrogens with zero attached hydrogens (tertiary/aromatic N) is 5. The first-order valence-corrected chi connectivity index (χ1v) is 10.9. The number of rotatable bonds is 8. The summed E-state index contributed by atoms with van der Waals surface area (Å²) in [5, 5.41) is 17.7. The van der Waals surface area contributed by atoms with Crippen LogP contribution in [0, 0.1) is 5.92 Å². The van der Waals surface area contributed by atoms with E-state index < -0.39 is 5.97 Å². The smallest absolute Gasteiger partial charge is 0.306 e. The zero-order valence-corrected chi connectivity index (χ0v) is 18.3. The molecule has 1 aliphatic rings. The summed E-state index contributed by atoms with van der Waals surface area (Å²) in [7, 11) is 1.84. The van der Waals surface area contributed by atoms with Crippen molar-refractivity contribution in [3.8, 4) is 23.0 Å². The van der Waals surface area contributed by atoms with Gasteiger partial charge in [-0.25, -0.2) is 4.98 Å². The van der Waals surface area contributed by atoms with Crippen LogP contribution in [0.15, 0.2) is 36.5 Å². The van der Waals surface area contributed by atoms with E-state index in [-0.39, 0.29) is 12.0 Å². The van der Waals surface area contributed by atoms with E-state index in [9.17, 15) is 9.90 Å². The molecule has 9 heteroatoms. The predicted octanol–water partition coefficient (Wildman–Crippen LogP) is 3.28. The number of aryl methyl sites for hydroxylation is 1. The number of carboxylic acid groups (broad SMARTS) is 1. The average molecular weight is 438 g/mol. The summed E-state index contributed by atoms with van der Waals surface area (Å²) in [6.45, 7) is 2.49. The minimum atomic E-state index is -0.747. The SMILES string of the molecule is CCOc1cccc(Cc2c(-c3ccc(O[C@H]4CCC[C@H](C(=O)O)C4)cn3)nnn2C)n1. The van der Waals surface area contributed by atoms with Crippen LogP contribution in [0.3, 0.4) is 0 Å². The van der Waals surface area contributed by atoms with Crippen LogP contribution in [0.4, 0.5) is 0 Å². The van der Waals surface area contributed by atoms with Crippen LogP contribution in [0.5, 0.6) is 11.6 Å². The minimum Gasteiger partial charge on any atom is -0.489 e. The summed E-state index contributed by atoms with van der Waals surface area (Å²) in [6.07, 6.45) is 5.05. The fourth-order valence-electron chi connectivity index (χ4n) is 3.99. The van der Waals surface area contributed by atoms with Crippen molar-refractivity contribution in [2.24, 2.45) is 13.0 Å². The highest BCUT2D eigenvalue weighted by Gasteiger charge is 2.28. The van der Waals surface area contributed by atoms with Crippen LogP contribution in [0.1, 0.15) is 44.0 Å². The lowest BCUT2D eigenvalue weighted by Gasteiger charge is -2.27. The predicted molar refractivity (Wildman–Crippen MR) is 116 cm³/mol. The first kappa shape index (κ1) is 21.7. The van der Waals surface area contributed by atoms with Crippen molar-refractivity contribution in [2.45, 2.75) is 45.1 Å². The number of pyridine rings is 2. The number of aliphatic carboxylic acids is 1. The average Bonchev–Trinajstić information content (AvgIpc) is 3.15. The molecule has 168 valence electrons. The van der Waals surface area contributed by atoms with E-state index in [0.717, 1.165) is 24.2 Å². The second-order valence-electron chi connectivity index (χ2n) is 7.91. The van der Waals surface area contributed by atoms with Gasteiger partial charge in [0.05, 0.1) is 41.9 Å². The van der Waals surface area contributed by atoms with Crippen LogP contribution in [0.2, 0.25) is 0 Å². The lowest BCUT2D eigenvalue weighted by atomic mass is 9.87. The Morgan fingerprint density at radius 3 is 2.88 bits per heavy atom. The van der Waals surface area contributed by atoms with Gasteiger partial charge in [0.1, 0.15) is 11.4 Å². The summed E-state index contributed by atoms with van der Waals surface area (Å²) < 4.78 is 13.2. The van der Waals surface area contributed by atoms with Crippen LogP contribution < -0.4 is 9.47 Å². The highest BCUT2D eigenvalue weighted by atomic mass is 16.5. The van der Waals surface area contributed by atoms with Crippen molar-refractivity contribution in [3.05, 3.63) is 47.9 Å². The standard InChI is InChI=1S/C23H27N5O4/c1-3-31-21-9-5-7-16(25-21)13-20-22(26-27-28(20)2)19-11-10-18(14-24-19)32-17-8-4-6-15(12-17)23(29)30/h5,7,9-11,14-15,17H,3-4,6,8,12-13H2,1-2H3,(H,29,30)/t15-,17-/m0/s1. The van der Waals surface area contributed by atoms with E-state index in [4.69, 9.17) is 9.47 Å². The van der Waals surface area contributed by atoms with Crippen LogP contribution in [-0.2, 0) is 18.3 Å². The Morgan fingerprint density at radius 1 is 1.25 bits per heavy atom. The van der Waals surface area contributed by atoms with Crippen molar-refractivity contribution >= 4 is 5.97 Å². The Balaban J connectivity index is 1.48. The number of carboxylic acids is 1. The molecule has 0 amide bonds. The third-order valence-corrected chi connectivity index (χ3v) is 5.62. The summed E-state index contributed by atoms with van der Waals surface area (Å²) >= 11 is 0. The van der Waals surface area contributed by atoms with Gasteiger partial charge in [-0.3, -0.25) is 14.5 Å². The summed E-state index contributed by atoms with van der Waals surface area (Å²) in [5.41, 5.74) is 3.12. The van der Waals surface area contributed by atoms with Gasteiger partial charge in [0, 0.05) is 19.5 Å². The Hall–Kier alpha value is -3.49. The molecule has 3 aromatic rings. The third kappa shape index (κ3) is 5.04. The number of ether oxygens (including phenoxy) is 2. The van der Waals surface area contributed by atoms with Gasteiger partial charge in [0.2, 0.25) is 5.88 Å². The molecule has 0 unspecified atom stereocenters. The fraction of sp³-hybridized carbons (Fsp3) is 0.435. The van der Waals surface area contributed by atoms with E-state index in [2.05, 4.69) is 20.3 Å². The molecule has 4 rings (SSSR count). The monoisotopic (exact) mass is 437 g/mol. The van der Waals surface area contributed by atoms with Gasteiger partial charge in [-0.1, -0.05) is 11.3 Å². The molecule has 0 bridgehead atoms. The maximum atomic E-state index is 11.3. The van der Waals surface area contributed by atoms with Crippen molar-refractivity contribution in [1.29, 1.82) is 0 Å². The molecule has 32 heavy (non-hydrogen) atoms. The topological polar surface area (TPSA) is 112 Å². The molecule has 2 atom stereocenters. The van der Waals surface area contributed by atoms with Crippen molar-refractivity contribution in [3.63, 3.8) is 0 Å². The molecular formula is C23H27N5O4. The molecule has 1 aliphatic carbocycles. The summed E-state index contributed by atoms with van der Waals surface area (Å²) in [4.78, 5) is 20.3. The van der Waals surface area contributed by atoms with E-state index >= 15 is 0 Å². The normalized spacial score (nSPS) is 18.3. The highest BCUT2D eigenvalue weighted by Crippen LogP contribution is 2.29. The van der Waals surface area contributed by atoms with Crippen LogP contribution in [0.25, 0.3) is 11.4 Å². The minimum absolute atomic E-state index is 0.103. The fourth-order valence-corrected chi connectivity index (χ4v) is 3.99. The van der Waals surface area contributed by atoms with E-state index in [0.29, 0.717) is 48.9 Å². The molecule has 0 radical (unpaired) electrons. The van der Waals surface area contributed by atoms with Crippen molar-refractivity contribution in [2.75, 3.05) is 6.61 Å². The zero-order valence-electron chi connectivity index (χ0n) is 18.3. The number of carbonyl (C=O) groups is 1. The molecule has 0 saturated heterocycles. The highest BCUT2D eigenvalue weighted by molar-refractivity contribution is 5.70. The third-order valence-electron chi connectivity index (χ3n) is 5.62. The van der Waals surface area contributed by atoms with E-state index in [1.165, 1.54) is 0 Å². The Kier molecular flexibility index (Phi) is 6.63.